The molecule has 1 saturated heterocycles. The van der Waals surface area contributed by atoms with Gasteiger partial charge in [-0.15, -0.1) is 0 Å². The highest BCUT2D eigenvalue weighted by atomic mass is 127. The number of rotatable bonds is 2. The van der Waals surface area contributed by atoms with Crippen LogP contribution < -0.4 is 24.0 Å². The van der Waals surface area contributed by atoms with E-state index in [4.69, 9.17) is 0 Å². The Bertz CT molecular complexity index is 213. The van der Waals surface area contributed by atoms with E-state index in [1.54, 1.807) is 0 Å². The summed E-state index contributed by atoms with van der Waals surface area (Å²) >= 11 is 0. The first-order valence-corrected chi connectivity index (χ1v) is 7.11. The summed E-state index contributed by atoms with van der Waals surface area (Å²) < 4.78 is 1.44. The second-order valence-corrected chi connectivity index (χ2v) is 5.77. The molecule has 3 atom stereocenters. The Morgan fingerprint density at radius 3 is 2.19 bits per heavy atom. The third-order valence-electron chi connectivity index (χ3n) is 5.54. The molecule has 1 aliphatic carbocycles. The predicted molar refractivity (Wildman–Crippen MR) is 65.8 cm³/mol. The molecule has 0 bridgehead atoms. The largest absolute Gasteiger partial charge is 1.00 e. The van der Waals surface area contributed by atoms with E-state index in [9.17, 15) is 0 Å². The maximum atomic E-state index is 2.50. The summed E-state index contributed by atoms with van der Waals surface area (Å²) in [5, 5.41) is 0. The van der Waals surface area contributed by atoms with Crippen LogP contribution in [0.25, 0.3) is 0 Å². The Balaban J connectivity index is 0.00000128. The molecule has 16 heavy (non-hydrogen) atoms. The van der Waals surface area contributed by atoms with Crippen molar-refractivity contribution in [3.63, 3.8) is 0 Å². The van der Waals surface area contributed by atoms with Crippen LogP contribution in [0.3, 0.4) is 0 Å². The Hall–Kier alpha value is 0.690. The Morgan fingerprint density at radius 2 is 1.56 bits per heavy atom. The van der Waals surface area contributed by atoms with Crippen molar-refractivity contribution in [1.82, 2.24) is 0 Å². The fourth-order valence-corrected chi connectivity index (χ4v) is 4.56. The van der Waals surface area contributed by atoms with Gasteiger partial charge >= 0.3 is 0 Å². The molecule has 0 radical (unpaired) electrons. The van der Waals surface area contributed by atoms with Crippen molar-refractivity contribution in [2.75, 3.05) is 13.1 Å². The molecule has 2 aliphatic rings. The van der Waals surface area contributed by atoms with E-state index >= 15 is 0 Å². The van der Waals surface area contributed by atoms with Crippen LogP contribution in [0.1, 0.15) is 59.3 Å². The van der Waals surface area contributed by atoms with Crippen molar-refractivity contribution in [2.24, 2.45) is 5.92 Å². The summed E-state index contributed by atoms with van der Waals surface area (Å²) in [4.78, 5) is 0. The van der Waals surface area contributed by atoms with Crippen LogP contribution in [0.15, 0.2) is 0 Å². The fraction of sp³-hybridized carbons (Fsp3) is 1.00. The van der Waals surface area contributed by atoms with E-state index < -0.39 is 0 Å². The number of likely N-dealkylation sites (tertiary alicyclic amines) is 1. The van der Waals surface area contributed by atoms with E-state index in [0.717, 1.165) is 18.0 Å². The number of quaternary nitrogens is 1. The molecular weight excluding hydrogens is 309 g/mol. The van der Waals surface area contributed by atoms with Crippen LogP contribution >= 0.6 is 0 Å². The lowest BCUT2D eigenvalue weighted by Gasteiger charge is -2.55. The van der Waals surface area contributed by atoms with Gasteiger partial charge in [-0.1, -0.05) is 6.42 Å². The lowest BCUT2D eigenvalue weighted by molar-refractivity contribution is -0.978. The topological polar surface area (TPSA) is 0 Å². The van der Waals surface area contributed by atoms with Crippen LogP contribution in [0.2, 0.25) is 0 Å². The molecule has 0 amide bonds. The highest BCUT2D eigenvalue weighted by molar-refractivity contribution is 4.82. The zero-order valence-electron chi connectivity index (χ0n) is 11.2. The molecule has 0 spiro atoms. The molecular formula is C14H28IN. The molecule has 0 aromatic heterocycles. The smallest absolute Gasteiger partial charge is 0.0920 e. The van der Waals surface area contributed by atoms with Crippen LogP contribution in [-0.4, -0.2) is 29.7 Å². The van der Waals surface area contributed by atoms with Crippen molar-refractivity contribution in [3.8, 4) is 0 Å². The molecule has 3 unspecified atom stereocenters. The van der Waals surface area contributed by atoms with E-state index in [2.05, 4.69) is 20.8 Å². The van der Waals surface area contributed by atoms with Gasteiger partial charge in [0.1, 0.15) is 0 Å². The number of nitrogens with zero attached hydrogens (tertiary/aromatic N) is 1. The van der Waals surface area contributed by atoms with Gasteiger partial charge in [-0.3, -0.25) is 0 Å². The van der Waals surface area contributed by atoms with Gasteiger partial charge in [-0.2, -0.15) is 0 Å². The number of hydrogen-bond acceptors (Lipinski definition) is 0. The Morgan fingerprint density at radius 1 is 0.938 bits per heavy atom. The van der Waals surface area contributed by atoms with Crippen LogP contribution in [0.5, 0.6) is 0 Å². The third kappa shape index (κ3) is 2.29. The molecule has 0 N–H and O–H groups in total. The van der Waals surface area contributed by atoms with Crippen molar-refractivity contribution >= 4 is 0 Å². The van der Waals surface area contributed by atoms with E-state index in [0.29, 0.717) is 0 Å². The number of fused-ring (bicyclic) bond motifs is 1. The fourth-order valence-electron chi connectivity index (χ4n) is 4.56. The first kappa shape index (κ1) is 14.7. The van der Waals surface area contributed by atoms with Gasteiger partial charge in [-0.25, -0.2) is 0 Å². The highest BCUT2D eigenvalue weighted by Crippen LogP contribution is 2.42. The summed E-state index contributed by atoms with van der Waals surface area (Å²) in [7, 11) is 0. The first-order chi connectivity index (χ1) is 7.24. The van der Waals surface area contributed by atoms with Gasteiger partial charge in [0, 0.05) is 5.92 Å². The molecule has 1 nitrogen and oxygen atoms in total. The summed E-state index contributed by atoms with van der Waals surface area (Å²) in [5.74, 6) is 1.06. The van der Waals surface area contributed by atoms with Crippen molar-refractivity contribution in [1.29, 1.82) is 0 Å². The molecule has 1 aliphatic heterocycles. The molecule has 2 rings (SSSR count). The zero-order valence-corrected chi connectivity index (χ0v) is 13.4. The Kier molecular flexibility index (Phi) is 5.56. The quantitative estimate of drug-likeness (QED) is 0.511. The third-order valence-corrected chi connectivity index (χ3v) is 5.54. The number of hydrogen-bond donors (Lipinski definition) is 0. The average Bonchev–Trinajstić information content (AvgIpc) is 2.30. The minimum Gasteiger partial charge on any atom is -1.00 e. The number of halogens is 1. The van der Waals surface area contributed by atoms with E-state index in [1.165, 1.54) is 56.1 Å². The van der Waals surface area contributed by atoms with Crippen molar-refractivity contribution in [3.05, 3.63) is 0 Å². The van der Waals surface area contributed by atoms with Crippen molar-refractivity contribution < 1.29 is 28.5 Å². The minimum atomic E-state index is 0. The monoisotopic (exact) mass is 337 g/mol. The predicted octanol–water partition coefficient (Wildman–Crippen LogP) is 0.588. The summed E-state index contributed by atoms with van der Waals surface area (Å²) in [6.45, 7) is 10.0. The maximum Gasteiger partial charge on any atom is 0.0920 e. The van der Waals surface area contributed by atoms with Gasteiger partial charge in [0.2, 0.25) is 0 Å². The zero-order chi connectivity index (χ0) is 10.9. The lowest BCUT2D eigenvalue weighted by atomic mass is 9.74. The second-order valence-electron chi connectivity index (χ2n) is 5.77. The highest BCUT2D eigenvalue weighted by Gasteiger charge is 2.47. The first-order valence-electron chi connectivity index (χ1n) is 7.11. The lowest BCUT2D eigenvalue weighted by Crippen LogP contribution is -3.00. The normalized spacial score (nSPS) is 37.3. The van der Waals surface area contributed by atoms with Crippen LogP contribution in [-0.2, 0) is 0 Å². The van der Waals surface area contributed by atoms with Gasteiger partial charge in [0.15, 0.2) is 0 Å². The van der Waals surface area contributed by atoms with Gasteiger partial charge in [0.25, 0.3) is 0 Å². The molecule has 2 fully saturated rings. The SMILES string of the molecule is CC[N+]1(CC)C(C)CCC2CCCCC21.[I-]. The molecule has 96 valence electrons. The second kappa shape index (κ2) is 6.03. The molecule has 0 aromatic carbocycles. The van der Waals surface area contributed by atoms with Crippen LogP contribution in [0.4, 0.5) is 0 Å². The van der Waals surface area contributed by atoms with Gasteiger partial charge < -0.3 is 28.5 Å². The molecule has 2 heteroatoms. The molecule has 0 aromatic rings. The Labute approximate surface area is 119 Å². The van der Waals surface area contributed by atoms with Crippen molar-refractivity contribution in [2.45, 2.75) is 71.4 Å². The van der Waals surface area contributed by atoms with Gasteiger partial charge in [-0.05, 0) is 52.9 Å². The van der Waals surface area contributed by atoms with E-state index in [-0.39, 0.29) is 24.0 Å². The molecule has 1 heterocycles. The van der Waals surface area contributed by atoms with Gasteiger partial charge in [0.05, 0.1) is 25.2 Å². The van der Waals surface area contributed by atoms with E-state index in [1.807, 2.05) is 0 Å². The number of piperidine rings is 1. The van der Waals surface area contributed by atoms with Crippen LogP contribution in [0, 0.1) is 5.92 Å². The summed E-state index contributed by atoms with van der Waals surface area (Å²) in [6, 6.07) is 1.93. The molecule has 1 saturated carbocycles. The standard InChI is InChI=1S/C14H28N.HI/c1-4-15(5-2)12(3)10-11-13-8-6-7-9-14(13)15;/h12-14H,4-11H2,1-3H3;1H/q+1;/p-1. The summed E-state index contributed by atoms with van der Waals surface area (Å²) in [5.41, 5.74) is 0. The average molecular weight is 337 g/mol. The maximum absolute atomic E-state index is 2.50. The summed E-state index contributed by atoms with van der Waals surface area (Å²) in [6.07, 6.45) is 9.03. The minimum absolute atomic E-state index is 0.